The summed E-state index contributed by atoms with van der Waals surface area (Å²) in [6.45, 7) is 1.47. The van der Waals surface area contributed by atoms with Gasteiger partial charge in [-0.25, -0.2) is 4.79 Å². The molecule has 0 aliphatic carbocycles. The number of hydrogen-bond acceptors (Lipinski definition) is 2. The first kappa shape index (κ1) is 18.0. The zero-order valence-corrected chi connectivity index (χ0v) is 14.0. The van der Waals surface area contributed by atoms with Crippen LogP contribution in [-0.4, -0.2) is 21.6 Å². The summed E-state index contributed by atoms with van der Waals surface area (Å²) in [4.78, 5) is 24.0. The number of fused-ring (bicyclic) bond motifs is 1. The number of carboxylic acids is 1. The van der Waals surface area contributed by atoms with E-state index in [1.165, 1.54) is 37.4 Å². The van der Waals surface area contributed by atoms with E-state index >= 15 is 0 Å². The van der Waals surface area contributed by atoms with Crippen LogP contribution in [0.4, 0.5) is 13.2 Å². The van der Waals surface area contributed by atoms with Crippen molar-refractivity contribution >= 4 is 34.4 Å². The van der Waals surface area contributed by atoms with Crippen molar-refractivity contribution in [2.24, 2.45) is 0 Å². The van der Waals surface area contributed by atoms with E-state index in [1.54, 1.807) is 0 Å². The third-order valence-electron chi connectivity index (χ3n) is 3.98. The highest BCUT2D eigenvalue weighted by molar-refractivity contribution is 6.36. The van der Waals surface area contributed by atoms with Gasteiger partial charge in [0.25, 0.3) is 5.91 Å². The maximum Gasteiger partial charge on any atom is 0.416 e. The van der Waals surface area contributed by atoms with Crippen LogP contribution in [0.15, 0.2) is 42.6 Å². The zero-order valence-electron chi connectivity index (χ0n) is 13.3. The third kappa shape index (κ3) is 2.94. The van der Waals surface area contributed by atoms with E-state index in [0.29, 0.717) is 5.52 Å². The minimum atomic E-state index is -4.50. The highest BCUT2D eigenvalue weighted by atomic mass is 35.5. The van der Waals surface area contributed by atoms with Crippen LogP contribution in [0.3, 0.4) is 0 Å². The Morgan fingerprint density at radius 3 is 2.38 bits per heavy atom. The lowest BCUT2D eigenvalue weighted by Gasteiger charge is -2.12. The average Bonchev–Trinajstić information content (AvgIpc) is 2.98. The summed E-state index contributed by atoms with van der Waals surface area (Å²) in [6.07, 6.45) is -3.16. The Morgan fingerprint density at radius 2 is 1.77 bits per heavy atom. The highest BCUT2D eigenvalue weighted by Gasteiger charge is 2.31. The summed E-state index contributed by atoms with van der Waals surface area (Å²) in [7, 11) is 0. The smallest absolute Gasteiger partial charge is 0.416 e. The number of halogens is 4. The number of aromatic nitrogens is 1. The molecule has 2 aromatic carbocycles. The van der Waals surface area contributed by atoms with Crippen molar-refractivity contribution in [2.45, 2.75) is 13.1 Å². The molecule has 4 nitrogen and oxygen atoms in total. The molecule has 0 saturated heterocycles. The first-order valence-electron chi connectivity index (χ1n) is 7.36. The normalized spacial score (nSPS) is 11.7. The molecule has 0 aliphatic heterocycles. The Balaban J connectivity index is 2.17. The average molecular weight is 382 g/mol. The molecular formula is C18H11ClF3NO3. The molecule has 1 heterocycles. The van der Waals surface area contributed by atoms with Crippen LogP contribution in [0.2, 0.25) is 5.02 Å². The summed E-state index contributed by atoms with van der Waals surface area (Å²) in [6, 6.07) is 7.31. The maximum absolute atomic E-state index is 13.0. The Bertz CT molecular complexity index is 1050. The van der Waals surface area contributed by atoms with Crippen LogP contribution in [-0.2, 0) is 6.18 Å². The van der Waals surface area contributed by atoms with Crippen molar-refractivity contribution in [3.63, 3.8) is 0 Å². The standard InChI is InChI=1S/C18H11ClF3NO3/c1-9-7-11(18(20,21)22)8-10-5-6-23(15(9)10)16(24)12-3-2-4-13(14(12)19)17(25)26/h2-8H,1H3,(H,25,26). The second-order valence-corrected chi connectivity index (χ2v) is 6.07. The van der Waals surface area contributed by atoms with Crippen molar-refractivity contribution in [3.8, 4) is 0 Å². The SMILES string of the molecule is Cc1cc(C(F)(F)F)cc2ccn(C(=O)c3cccc(C(=O)O)c3Cl)c12. The van der Waals surface area contributed by atoms with Gasteiger partial charge in [0.15, 0.2) is 0 Å². The first-order valence-corrected chi connectivity index (χ1v) is 7.74. The van der Waals surface area contributed by atoms with E-state index in [0.717, 1.165) is 16.7 Å². The molecule has 0 bridgehead atoms. The topological polar surface area (TPSA) is 59.3 Å². The van der Waals surface area contributed by atoms with Crippen molar-refractivity contribution in [3.05, 3.63) is 69.9 Å². The van der Waals surface area contributed by atoms with Crippen LogP contribution in [0.25, 0.3) is 10.9 Å². The van der Waals surface area contributed by atoms with Gasteiger partial charge >= 0.3 is 12.1 Å². The minimum Gasteiger partial charge on any atom is -0.478 e. The second-order valence-electron chi connectivity index (χ2n) is 5.69. The number of benzene rings is 2. The largest absolute Gasteiger partial charge is 0.478 e. The number of carbonyl (C=O) groups excluding carboxylic acids is 1. The summed E-state index contributed by atoms with van der Waals surface area (Å²) in [5.41, 5.74) is -0.523. The monoisotopic (exact) mass is 381 g/mol. The molecule has 8 heteroatoms. The van der Waals surface area contributed by atoms with E-state index in [1.807, 2.05) is 0 Å². The van der Waals surface area contributed by atoms with Gasteiger partial charge in [-0.3, -0.25) is 9.36 Å². The predicted molar refractivity (Wildman–Crippen MR) is 89.8 cm³/mol. The fraction of sp³-hybridized carbons (Fsp3) is 0.111. The Kier molecular flexibility index (Phi) is 4.28. The molecule has 0 amide bonds. The number of carboxylic acid groups (broad SMARTS) is 1. The number of nitrogens with zero attached hydrogens (tertiary/aromatic N) is 1. The van der Waals surface area contributed by atoms with Crippen LogP contribution in [0, 0.1) is 6.92 Å². The van der Waals surface area contributed by atoms with Gasteiger partial charge in [0.05, 0.1) is 27.2 Å². The van der Waals surface area contributed by atoms with Gasteiger partial charge in [0, 0.05) is 11.6 Å². The number of aryl methyl sites for hydroxylation is 1. The summed E-state index contributed by atoms with van der Waals surface area (Å²) < 4.78 is 40.0. The third-order valence-corrected chi connectivity index (χ3v) is 4.39. The molecule has 0 spiro atoms. The van der Waals surface area contributed by atoms with Crippen LogP contribution in [0.5, 0.6) is 0 Å². The van der Waals surface area contributed by atoms with Crippen molar-refractivity contribution in [1.29, 1.82) is 0 Å². The molecule has 0 atom stereocenters. The van der Waals surface area contributed by atoms with Crippen molar-refractivity contribution in [2.75, 3.05) is 0 Å². The van der Waals surface area contributed by atoms with Crippen molar-refractivity contribution < 1.29 is 27.9 Å². The fourth-order valence-electron chi connectivity index (χ4n) is 2.82. The van der Waals surface area contributed by atoms with E-state index in [9.17, 15) is 22.8 Å². The van der Waals surface area contributed by atoms with E-state index in [4.69, 9.17) is 16.7 Å². The van der Waals surface area contributed by atoms with E-state index in [-0.39, 0.29) is 27.1 Å². The predicted octanol–water partition coefficient (Wildman–Crippen LogP) is 5.01. The van der Waals surface area contributed by atoms with Gasteiger partial charge in [-0.1, -0.05) is 17.7 Å². The summed E-state index contributed by atoms with van der Waals surface area (Å²) in [5.74, 6) is -1.91. The Morgan fingerprint density at radius 1 is 1.12 bits per heavy atom. The molecule has 0 aliphatic rings. The molecule has 1 N–H and O–H groups in total. The van der Waals surface area contributed by atoms with Gasteiger partial charge in [0.1, 0.15) is 0 Å². The molecule has 1 aromatic heterocycles. The van der Waals surface area contributed by atoms with Gasteiger partial charge in [-0.2, -0.15) is 13.2 Å². The molecule has 0 radical (unpaired) electrons. The molecule has 0 saturated carbocycles. The lowest BCUT2D eigenvalue weighted by Crippen LogP contribution is -2.14. The lowest BCUT2D eigenvalue weighted by molar-refractivity contribution is -0.137. The summed E-state index contributed by atoms with van der Waals surface area (Å²) >= 11 is 6.03. The zero-order chi connectivity index (χ0) is 19.2. The molecule has 26 heavy (non-hydrogen) atoms. The number of carbonyl (C=O) groups is 2. The quantitative estimate of drug-likeness (QED) is 0.679. The van der Waals surface area contributed by atoms with E-state index < -0.39 is 23.6 Å². The van der Waals surface area contributed by atoms with E-state index in [2.05, 4.69) is 0 Å². The van der Waals surface area contributed by atoms with Crippen LogP contribution < -0.4 is 0 Å². The molecule has 3 aromatic rings. The van der Waals surface area contributed by atoms with Gasteiger partial charge in [0.2, 0.25) is 0 Å². The number of alkyl halides is 3. The van der Waals surface area contributed by atoms with Gasteiger partial charge < -0.3 is 5.11 Å². The number of aromatic carboxylic acids is 1. The van der Waals surface area contributed by atoms with Gasteiger partial charge in [-0.05, 0) is 42.8 Å². The second kappa shape index (κ2) is 6.17. The molecule has 0 fully saturated rings. The first-order chi connectivity index (χ1) is 12.1. The molecule has 134 valence electrons. The number of rotatable bonds is 2. The molecule has 3 rings (SSSR count). The van der Waals surface area contributed by atoms with Gasteiger partial charge in [-0.15, -0.1) is 0 Å². The van der Waals surface area contributed by atoms with Crippen LogP contribution in [0.1, 0.15) is 31.8 Å². The minimum absolute atomic E-state index is 0.0524. The molecule has 0 unspecified atom stereocenters. The van der Waals surface area contributed by atoms with Crippen molar-refractivity contribution in [1.82, 2.24) is 4.57 Å². The fourth-order valence-corrected chi connectivity index (χ4v) is 3.10. The highest BCUT2D eigenvalue weighted by Crippen LogP contribution is 2.34. The molecular weight excluding hydrogens is 371 g/mol. The number of hydrogen-bond donors (Lipinski definition) is 1. The lowest BCUT2D eigenvalue weighted by atomic mass is 10.1. The van der Waals surface area contributed by atoms with Crippen LogP contribution >= 0.6 is 11.6 Å². The Labute approximate surface area is 150 Å². The Hall–Kier alpha value is -2.80. The summed E-state index contributed by atoms with van der Waals surface area (Å²) in [5, 5.41) is 9.14. The maximum atomic E-state index is 13.0.